The van der Waals surface area contributed by atoms with Gasteiger partial charge in [0.25, 0.3) is 0 Å². The van der Waals surface area contributed by atoms with Gasteiger partial charge in [-0.05, 0) is 43.0 Å². The standard InChI is InChI=1S/C21H34N6OS/c1-16-25-26-19(27(16)4)14-23-20(22-11-8-12-29-6)24-15-21(2,3)17-9-7-10-18(13-17)28-5/h7,9-10,13H,8,11-12,14-15H2,1-6H3,(H2,22,23,24). The summed E-state index contributed by atoms with van der Waals surface area (Å²) in [7, 11) is 3.66. The van der Waals surface area contributed by atoms with Crippen molar-refractivity contribution in [2.45, 2.75) is 39.2 Å². The highest BCUT2D eigenvalue weighted by Gasteiger charge is 2.21. The topological polar surface area (TPSA) is 76.4 Å². The zero-order valence-corrected chi connectivity index (χ0v) is 19.3. The maximum absolute atomic E-state index is 5.38. The fourth-order valence-electron chi connectivity index (χ4n) is 2.79. The van der Waals surface area contributed by atoms with Crippen molar-refractivity contribution < 1.29 is 4.74 Å². The van der Waals surface area contributed by atoms with Crippen molar-refractivity contribution in [2.75, 3.05) is 32.2 Å². The molecule has 0 unspecified atom stereocenters. The maximum Gasteiger partial charge on any atom is 0.191 e. The third kappa shape index (κ3) is 6.96. The summed E-state index contributed by atoms with van der Waals surface area (Å²) in [5.41, 5.74) is 1.13. The first-order chi connectivity index (χ1) is 13.9. The highest BCUT2D eigenvalue weighted by atomic mass is 32.2. The van der Waals surface area contributed by atoms with Crippen LogP contribution in [0.25, 0.3) is 0 Å². The number of nitrogens with zero attached hydrogens (tertiary/aromatic N) is 4. The number of nitrogens with one attached hydrogen (secondary N) is 2. The average molecular weight is 419 g/mol. The summed E-state index contributed by atoms with van der Waals surface area (Å²) in [6, 6.07) is 8.22. The maximum atomic E-state index is 5.38. The summed E-state index contributed by atoms with van der Waals surface area (Å²) >= 11 is 1.85. The molecule has 29 heavy (non-hydrogen) atoms. The fraction of sp³-hybridized carbons (Fsp3) is 0.571. The van der Waals surface area contributed by atoms with E-state index in [9.17, 15) is 0 Å². The molecule has 0 aliphatic rings. The predicted octanol–water partition coefficient (Wildman–Crippen LogP) is 2.90. The SMILES string of the molecule is COc1cccc(C(C)(C)CNC(=NCc2nnc(C)n2C)NCCCSC)c1. The summed E-state index contributed by atoms with van der Waals surface area (Å²) in [4.78, 5) is 4.74. The van der Waals surface area contributed by atoms with Gasteiger partial charge in [-0.2, -0.15) is 11.8 Å². The van der Waals surface area contributed by atoms with E-state index in [1.165, 1.54) is 5.56 Å². The number of methoxy groups -OCH3 is 1. The summed E-state index contributed by atoms with van der Waals surface area (Å²) in [6.45, 7) is 8.47. The first-order valence-corrected chi connectivity index (χ1v) is 11.3. The quantitative estimate of drug-likeness (QED) is 0.351. The molecular weight excluding hydrogens is 384 g/mol. The van der Waals surface area contributed by atoms with Crippen LogP contribution in [0.5, 0.6) is 5.75 Å². The molecule has 2 aromatic rings. The van der Waals surface area contributed by atoms with Crippen LogP contribution in [0.2, 0.25) is 0 Å². The van der Waals surface area contributed by atoms with Crippen molar-refractivity contribution in [3.8, 4) is 5.75 Å². The molecule has 1 aromatic heterocycles. The van der Waals surface area contributed by atoms with E-state index < -0.39 is 0 Å². The van der Waals surface area contributed by atoms with E-state index in [0.717, 1.165) is 48.6 Å². The molecule has 2 rings (SSSR count). The number of rotatable bonds is 10. The second-order valence-electron chi connectivity index (χ2n) is 7.63. The van der Waals surface area contributed by atoms with Crippen molar-refractivity contribution in [1.29, 1.82) is 0 Å². The lowest BCUT2D eigenvalue weighted by molar-refractivity contribution is 0.411. The first kappa shape index (κ1) is 23.1. The number of guanidine groups is 1. The molecule has 0 saturated heterocycles. The molecule has 0 aliphatic carbocycles. The highest BCUT2D eigenvalue weighted by Crippen LogP contribution is 2.25. The lowest BCUT2D eigenvalue weighted by atomic mass is 9.84. The van der Waals surface area contributed by atoms with Gasteiger partial charge in [-0.3, -0.25) is 0 Å². The Morgan fingerprint density at radius 2 is 2.07 bits per heavy atom. The van der Waals surface area contributed by atoms with Gasteiger partial charge in [0.05, 0.1) is 7.11 Å². The van der Waals surface area contributed by atoms with Crippen LogP contribution >= 0.6 is 11.8 Å². The molecule has 0 amide bonds. The van der Waals surface area contributed by atoms with E-state index in [0.29, 0.717) is 6.54 Å². The van der Waals surface area contributed by atoms with Crippen LogP contribution < -0.4 is 15.4 Å². The Morgan fingerprint density at radius 1 is 1.28 bits per heavy atom. The smallest absolute Gasteiger partial charge is 0.191 e. The molecule has 0 saturated carbocycles. The Kier molecular flexibility index (Phi) is 8.82. The Hall–Kier alpha value is -2.22. The van der Waals surface area contributed by atoms with Crippen LogP contribution in [0.4, 0.5) is 0 Å². The van der Waals surface area contributed by atoms with Crippen LogP contribution in [0.15, 0.2) is 29.3 Å². The van der Waals surface area contributed by atoms with Crippen molar-refractivity contribution in [3.63, 3.8) is 0 Å². The number of hydrogen-bond acceptors (Lipinski definition) is 5. The largest absolute Gasteiger partial charge is 0.497 e. The van der Waals surface area contributed by atoms with Gasteiger partial charge in [-0.15, -0.1) is 10.2 Å². The minimum Gasteiger partial charge on any atom is -0.497 e. The summed E-state index contributed by atoms with van der Waals surface area (Å²) in [5.74, 6) is 4.52. The lowest BCUT2D eigenvalue weighted by Crippen LogP contribution is -2.44. The number of benzene rings is 1. The minimum atomic E-state index is -0.0857. The second kappa shape index (κ2) is 11.1. The van der Waals surface area contributed by atoms with E-state index in [1.54, 1.807) is 7.11 Å². The zero-order chi connectivity index (χ0) is 21.3. The molecule has 0 radical (unpaired) electrons. The number of aliphatic imine (C=N–C) groups is 1. The fourth-order valence-corrected chi connectivity index (χ4v) is 3.22. The Bertz CT molecular complexity index is 802. The Labute approximate surface area is 178 Å². The molecule has 7 nitrogen and oxygen atoms in total. The number of aromatic nitrogens is 3. The highest BCUT2D eigenvalue weighted by molar-refractivity contribution is 7.98. The van der Waals surface area contributed by atoms with Crippen LogP contribution in [-0.4, -0.2) is 52.9 Å². The van der Waals surface area contributed by atoms with E-state index in [4.69, 9.17) is 9.73 Å². The van der Waals surface area contributed by atoms with Crippen molar-refractivity contribution in [2.24, 2.45) is 12.0 Å². The van der Waals surface area contributed by atoms with Gasteiger partial charge in [-0.25, -0.2) is 4.99 Å². The van der Waals surface area contributed by atoms with Gasteiger partial charge in [0.1, 0.15) is 18.1 Å². The predicted molar refractivity (Wildman–Crippen MR) is 122 cm³/mol. The molecule has 2 N–H and O–H groups in total. The van der Waals surface area contributed by atoms with Crippen LogP contribution in [0.1, 0.15) is 37.5 Å². The summed E-state index contributed by atoms with van der Waals surface area (Å²) < 4.78 is 7.35. The van der Waals surface area contributed by atoms with Gasteiger partial charge in [0.2, 0.25) is 0 Å². The van der Waals surface area contributed by atoms with E-state index >= 15 is 0 Å². The third-order valence-electron chi connectivity index (χ3n) is 4.93. The monoisotopic (exact) mass is 418 g/mol. The molecule has 0 fully saturated rings. The molecule has 1 heterocycles. The Balaban J connectivity index is 2.06. The first-order valence-electron chi connectivity index (χ1n) is 9.88. The molecular formula is C21H34N6OS. The lowest BCUT2D eigenvalue weighted by Gasteiger charge is -2.27. The van der Waals surface area contributed by atoms with Crippen molar-refractivity contribution >= 4 is 17.7 Å². The molecule has 8 heteroatoms. The molecule has 0 bridgehead atoms. The van der Waals surface area contributed by atoms with Gasteiger partial charge in [0, 0.05) is 25.6 Å². The zero-order valence-electron chi connectivity index (χ0n) is 18.5. The van der Waals surface area contributed by atoms with Gasteiger partial charge < -0.3 is 19.9 Å². The van der Waals surface area contributed by atoms with Gasteiger partial charge in [-0.1, -0.05) is 26.0 Å². The number of ether oxygens (including phenoxy) is 1. The van der Waals surface area contributed by atoms with Crippen molar-refractivity contribution in [1.82, 2.24) is 25.4 Å². The minimum absolute atomic E-state index is 0.0857. The summed E-state index contributed by atoms with van der Waals surface area (Å²) in [6.07, 6.45) is 3.21. The molecule has 0 atom stereocenters. The van der Waals surface area contributed by atoms with Gasteiger partial charge in [0.15, 0.2) is 11.8 Å². The number of aryl methyl sites for hydroxylation is 1. The number of thioether (sulfide) groups is 1. The molecule has 0 aliphatic heterocycles. The molecule has 0 spiro atoms. The number of hydrogen-bond donors (Lipinski definition) is 2. The van der Waals surface area contributed by atoms with Crippen LogP contribution in [-0.2, 0) is 19.0 Å². The van der Waals surface area contributed by atoms with Crippen LogP contribution in [0.3, 0.4) is 0 Å². The Morgan fingerprint density at radius 3 is 2.72 bits per heavy atom. The summed E-state index contributed by atoms with van der Waals surface area (Å²) in [5, 5.41) is 15.3. The van der Waals surface area contributed by atoms with Gasteiger partial charge >= 0.3 is 0 Å². The molecule has 1 aromatic carbocycles. The van der Waals surface area contributed by atoms with E-state index in [1.807, 2.05) is 42.4 Å². The van der Waals surface area contributed by atoms with E-state index in [2.05, 4.69) is 53.1 Å². The average Bonchev–Trinajstić information content (AvgIpc) is 3.04. The second-order valence-corrected chi connectivity index (χ2v) is 8.62. The normalized spacial score (nSPS) is 12.1. The van der Waals surface area contributed by atoms with Crippen molar-refractivity contribution in [3.05, 3.63) is 41.5 Å². The van der Waals surface area contributed by atoms with Crippen LogP contribution in [0, 0.1) is 6.92 Å². The van der Waals surface area contributed by atoms with E-state index in [-0.39, 0.29) is 5.41 Å². The molecule has 160 valence electrons. The third-order valence-corrected chi connectivity index (χ3v) is 5.62.